The SMILES string of the molecule is CC/C=C\C/C=C\C/C=C\C/C=C\C/C=C\C/C=C\C/C=C\CCCC(=O)OCC(COC(=O)CCCCCCCCCCC/C=C\CCCCCCCCCC)OC(=O)CCCCCCCCCCC/C=C\CCCCCCCCCC. The first-order valence-corrected chi connectivity index (χ1v) is 35.4. The third kappa shape index (κ3) is 68.7. The highest BCUT2D eigenvalue weighted by molar-refractivity contribution is 5.71. The van der Waals surface area contributed by atoms with Crippen molar-refractivity contribution in [1.29, 1.82) is 0 Å². The van der Waals surface area contributed by atoms with Crippen molar-refractivity contribution in [2.45, 2.75) is 348 Å². The van der Waals surface area contributed by atoms with Gasteiger partial charge in [-0.3, -0.25) is 14.4 Å². The number of allylic oxidation sites excluding steroid dienone is 18. The molecule has 0 N–H and O–H groups in total. The first-order chi connectivity index (χ1) is 41.0. The molecule has 0 radical (unpaired) electrons. The van der Waals surface area contributed by atoms with Gasteiger partial charge in [0, 0.05) is 19.3 Å². The van der Waals surface area contributed by atoms with Gasteiger partial charge in [0.25, 0.3) is 0 Å². The fraction of sp³-hybridized carbons (Fsp3) is 0.727. The normalized spacial score (nSPS) is 12.8. The first kappa shape index (κ1) is 79.1. The average Bonchev–Trinajstić information content (AvgIpc) is 3.49. The molecule has 6 nitrogen and oxygen atoms in total. The Morgan fingerprint density at radius 1 is 0.253 bits per heavy atom. The molecule has 1 atom stereocenters. The van der Waals surface area contributed by atoms with E-state index in [1.54, 1.807) is 0 Å². The molecule has 0 amide bonds. The van der Waals surface area contributed by atoms with Crippen LogP contribution in [0.3, 0.4) is 0 Å². The molecule has 0 bridgehead atoms. The molecule has 0 aromatic heterocycles. The van der Waals surface area contributed by atoms with Crippen LogP contribution >= 0.6 is 0 Å². The fourth-order valence-electron chi connectivity index (χ4n) is 9.95. The van der Waals surface area contributed by atoms with Crippen LogP contribution in [0.15, 0.2) is 109 Å². The predicted molar refractivity (Wildman–Crippen MR) is 362 cm³/mol. The Kier molecular flexibility index (Phi) is 67.2. The van der Waals surface area contributed by atoms with Crippen molar-refractivity contribution in [1.82, 2.24) is 0 Å². The number of carbonyl (C=O) groups is 3. The van der Waals surface area contributed by atoms with E-state index in [-0.39, 0.29) is 37.5 Å². The summed E-state index contributed by atoms with van der Waals surface area (Å²) in [6.07, 6.45) is 96.8. The molecule has 0 saturated heterocycles. The summed E-state index contributed by atoms with van der Waals surface area (Å²) in [5, 5.41) is 0. The first-order valence-electron chi connectivity index (χ1n) is 35.4. The topological polar surface area (TPSA) is 78.9 Å². The van der Waals surface area contributed by atoms with Gasteiger partial charge >= 0.3 is 17.9 Å². The smallest absolute Gasteiger partial charge is 0.306 e. The Morgan fingerprint density at radius 2 is 0.482 bits per heavy atom. The second-order valence-electron chi connectivity index (χ2n) is 23.4. The van der Waals surface area contributed by atoms with Gasteiger partial charge in [0.15, 0.2) is 6.10 Å². The summed E-state index contributed by atoms with van der Waals surface area (Å²) in [5.74, 6) is -0.950. The lowest BCUT2D eigenvalue weighted by Crippen LogP contribution is -2.30. The van der Waals surface area contributed by atoms with Crippen molar-refractivity contribution in [3.63, 3.8) is 0 Å². The van der Waals surface area contributed by atoms with Gasteiger partial charge in [0.2, 0.25) is 0 Å². The number of esters is 3. The van der Waals surface area contributed by atoms with Crippen LogP contribution in [0.5, 0.6) is 0 Å². The lowest BCUT2D eigenvalue weighted by molar-refractivity contribution is -0.167. The molecule has 0 aliphatic rings. The van der Waals surface area contributed by atoms with E-state index in [2.05, 4.69) is 130 Å². The summed E-state index contributed by atoms with van der Waals surface area (Å²) in [6, 6.07) is 0. The van der Waals surface area contributed by atoms with Crippen LogP contribution in [0, 0.1) is 0 Å². The van der Waals surface area contributed by atoms with E-state index in [0.717, 1.165) is 89.9 Å². The Balaban J connectivity index is 4.47. The van der Waals surface area contributed by atoms with Gasteiger partial charge in [-0.25, -0.2) is 0 Å². The van der Waals surface area contributed by atoms with Gasteiger partial charge in [-0.05, 0) is 122 Å². The van der Waals surface area contributed by atoms with Crippen molar-refractivity contribution in [3.8, 4) is 0 Å². The summed E-state index contributed by atoms with van der Waals surface area (Å²) < 4.78 is 17.0. The molecule has 0 aliphatic heterocycles. The fourth-order valence-corrected chi connectivity index (χ4v) is 9.95. The number of hydrogen-bond donors (Lipinski definition) is 0. The largest absolute Gasteiger partial charge is 0.462 e. The maximum absolute atomic E-state index is 13.0. The molecule has 0 heterocycles. The Hall–Kier alpha value is -3.93. The monoisotopic (exact) mass is 1150 g/mol. The number of carbonyl (C=O) groups excluding carboxylic acids is 3. The van der Waals surface area contributed by atoms with Gasteiger partial charge in [0.05, 0.1) is 0 Å². The van der Waals surface area contributed by atoms with E-state index < -0.39 is 6.10 Å². The van der Waals surface area contributed by atoms with Crippen molar-refractivity contribution in [2.24, 2.45) is 0 Å². The molecular formula is C77H132O6. The second kappa shape index (κ2) is 70.6. The van der Waals surface area contributed by atoms with Crippen LogP contribution in [-0.4, -0.2) is 37.2 Å². The lowest BCUT2D eigenvalue weighted by Gasteiger charge is -2.18. The van der Waals surface area contributed by atoms with Gasteiger partial charge in [0.1, 0.15) is 13.2 Å². The zero-order valence-electron chi connectivity index (χ0n) is 54.7. The standard InChI is InChI=1S/C77H132O6/c1-4-7-10-13-16-19-22-25-28-31-34-37-38-41-43-46-49-52-55-58-61-64-67-70-76(79)82-73-74(83-77(80)71-68-65-62-59-56-53-50-47-44-40-36-33-30-27-24-21-18-15-12-9-6-3)72-81-75(78)69-66-63-60-57-54-51-48-45-42-39-35-32-29-26-23-20-17-14-11-8-5-2/h7,10,16,19,25,28,32-37,41,43,49,52,58,61,74H,4-6,8-9,11-15,17-18,20-24,26-27,29-31,38-40,42,44-48,50-51,53-57,59-60,62-73H2,1-3H3/b10-7-,19-16-,28-25-,35-32-,36-33-,37-34-,43-41-,52-49-,61-58-. The maximum Gasteiger partial charge on any atom is 0.306 e. The Labute approximate surface area is 514 Å². The molecule has 0 fully saturated rings. The summed E-state index contributed by atoms with van der Waals surface area (Å²) in [5.41, 5.74) is 0. The summed E-state index contributed by atoms with van der Waals surface area (Å²) >= 11 is 0. The van der Waals surface area contributed by atoms with Gasteiger partial charge in [-0.15, -0.1) is 0 Å². The lowest BCUT2D eigenvalue weighted by atomic mass is 10.1. The highest BCUT2D eigenvalue weighted by Gasteiger charge is 2.19. The van der Waals surface area contributed by atoms with Crippen molar-refractivity contribution < 1.29 is 28.6 Å². The molecular weight excluding hydrogens is 1020 g/mol. The van der Waals surface area contributed by atoms with E-state index >= 15 is 0 Å². The molecule has 6 heteroatoms. The zero-order chi connectivity index (χ0) is 59.9. The molecule has 0 spiro atoms. The van der Waals surface area contributed by atoms with E-state index in [0.29, 0.717) is 19.3 Å². The molecule has 0 aromatic rings. The molecule has 0 aliphatic carbocycles. The molecule has 0 saturated carbocycles. The summed E-state index contributed by atoms with van der Waals surface area (Å²) in [6.45, 7) is 6.52. The molecule has 1 unspecified atom stereocenters. The van der Waals surface area contributed by atoms with Crippen molar-refractivity contribution >= 4 is 17.9 Å². The van der Waals surface area contributed by atoms with Gasteiger partial charge in [-0.1, -0.05) is 310 Å². The van der Waals surface area contributed by atoms with Crippen LogP contribution in [0.1, 0.15) is 342 Å². The van der Waals surface area contributed by atoms with E-state index in [1.807, 2.05) is 0 Å². The summed E-state index contributed by atoms with van der Waals surface area (Å²) in [4.78, 5) is 38.5. The van der Waals surface area contributed by atoms with Crippen LogP contribution in [-0.2, 0) is 28.6 Å². The van der Waals surface area contributed by atoms with Crippen LogP contribution in [0.2, 0.25) is 0 Å². The number of hydrogen-bond acceptors (Lipinski definition) is 6. The zero-order valence-corrected chi connectivity index (χ0v) is 54.7. The van der Waals surface area contributed by atoms with Gasteiger partial charge < -0.3 is 14.2 Å². The van der Waals surface area contributed by atoms with E-state index in [1.165, 1.54) is 205 Å². The van der Waals surface area contributed by atoms with Crippen molar-refractivity contribution in [3.05, 3.63) is 109 Å². The molecule has 476 valence electrons. The minimum absolute atomic E-state index is 0.0974. The number of ether oxygens (including phenoxy) is 3. The minimum atomic E-state index is -0.808. The quantitative estimate of drug-likeness (QED) is 0.0261. The third-order valence-corrected chi connectivity index (χ3v) is 15.2. The molecule has 0 aromatic carbocycles. The van der Waals surface area contributed by atoms with Crippen LogP contribution in [0.4, 0.5) is 0 Å². The highest BCUT2D eigenvalue weighted by Crippen LogP contribution is 2.17. The van der Waals surface area contributed by atoms with E-state index in [4.69, 9.17) is 14.2 Å². The van der Waals surface area contributed by atoms with Crippen molar-refractivity contribution in [2.75, 3.05) is 13.2 Å². The Bertz CT molecular complexity index is 1660. The summed E-state index contributed by atoms with van der Waals surface area (Å²) in [7, 11) is 0. The minimum Gasteiger partial charge on any atom is -0.462 e. The molecule has 0 rings (SSSR count). The number of rotatable bonds is 64. The van der Waals surface area contributed by atoms with E-state index in [9.17, 15) is 14.4 Å². The maximum atomic E-state index is 13.0. The Morgan fingerprint density at radius 3 is 0.795 bits per heavy atom. The predicted octanol–water partition coefficient (Wildman–Crippen LogP) is 24.6. The third-order valence-electron chi connectivity index (χ3n) is 15.2. The molecule has 83 heavy (non-hydrogen) atoms. The van der Waals surface area contributed by atoms with Gasteiger partial charge in [-0.2, -0.15) is 0 Å². The second-order valence-corrected chi connectivity index (χ2v) is 23.4. The number of unbranched alkanes of at least 4 members (excludes halogenated alkanes) is 35. The average molecular weight is 1150 g/mol. The highest BCUT2D eigenvalue weighted by atomic mass is 16.6. The van der Waals surface area contributed by atoms with Crippen LogP contribution < -0.4 is 0 Å². The van der Waals surface area contributed by atoms with Crippen LogP contribution in [0.25, 0.3) is 0 Å².